The van der Waals surface area contributed by atoms with Crippen molar-refractivity contribution in [3.8, 4) is 6.07 Å². The number of halogens is 2. The Morgan fingerprint density at radius 1 is 1.14 bits per heavy atom. The maximum Gasteiger partial charge on any atom is 0.259 e. The van der Waals surface area contributed by atoms with Crippen LogP contribution in [0, 0.1) is 11.3 Å². The van der Waals surface area contributed by atoms with Gasteiger partial charge in [-0.15, -0.1) is 0 Å². The normalized spacial score (nSPS) is 16.5. The summed E-state index contributed by atoms with van der Waals surface area (Å²) in [5.74, 6) is -0.268. The van der Waals surface area contributed by atoms with Crippen LogP contribution in [0.3, 0.4) is 0 Å². The van der Waals surface area contributed by atoms with E-state index in [2.05, 4.69) is 6.07 Å². The average molecular weight is 329 g/mol. The lowest BCUT2D eigenvalue weighted by Crippen LogP contribution is -2.41. The van der Waals surface area contributed by atoms with Crippen molar-refractivity contribution in [2.24, 2.45) is 0 Å². The minimum atomic E-state index is -0.772. The zero-order valence-electron chi connectivity index (χ0n) is 11.3. The van der Waals surface area contributed by atoms with Crippen LogP contribution in [0.1, 0.15) is 15.9 Å². The van der Waals surface area contributed by atoms with E-state index in [4.69, 9.17) is 23.2 Å². The van der Waals surface area contributed by atoms with Crippen molar-refractivity contribution < 1.29 is 4.79 Å². The molecule has 2 aromatic rings. The molecule has 108 valence electrons. The van der Waals surface area contributed by atoms with Gasteiger partial charge in [0, 0.05) is 21.2 Å². The first-order valence-electron chi connectivity index (χ1n) is 6.57. The molecule has 5 heteroatoms. The maximum absolute atomic E-state index is 12.8. The number of nitrogens with zero attached hydrogens (tertiary/aromatic N) is 2. The lowest BCUT2D eigenvalue weighted by Gasteiger charge is -2.31. The van der Waals surface area contributed by atoms with Gasteiger partial charge in [0.25, 0.3) is 5.91 Å². The van der Waals surface area contributed by atoms with Gasteiger partial charge in [0.05, 0.1) is 11.8 Å². The number of carbonyl (C=O) groups is 1. The Bertz CT molecular complexity index is 809. The van der Waals surface area contributed by atoms with Gasteiger partial charge in [0.2, 0.25) is 0 Å². The summed E-state index contributed by atoms with van der Waals surface area (Å²) in [4.78, 5) is 14.2. The van der Waals surface area contributed by atoms with E-state index < -0.39 is 6.04 Å². The minimum absolute atomic E-state index is 0.268. The number of carbonyl (C=O) groups excluding carboxylic acids is 1. The van der Waals surface area contributed by atoms with Gasteiger partial charge in [0.1, 0.15) is 6.04 Å². The number of benzene rings is 2. The van der Waals surface area contributed by atoms with Crippen LogP contribution >= 0.6 is 23.2 Å². The van der Waals surface area contributed by atoms with Gasteiger partial charge in [0.15, 0.2) is 0 Å². The molecule has 1 aliphatic heterocycles. The Balaban J connectivity index is 2.16. The van der Waals surface area contributed by atoms with Crippen LogP contribution in [0.15, 0.2) is 54.6 Å². The molecule has 2 aromatic carbocycles. The highest BCUT2D eigenvalue weighted by molar-refractivity contribution is 6.50. The van der Waals surface area contributed by atoms with Crippen molar-refractivity contribution in [3.63, 3.8) is 0 Å². The molecule has 1 heterocycles. The first-order chi connectivity index (χ1) is 10.6. The van der Waals surface area contributed by atoms with Gasteiger partial charge in [-0.05, 0) is 36.4 Å². The van der Waals surface area contributed by atoms with Gasteiger partial charge < -0.3 is 0 Å². The molecule has 0 fully saturated rings. The number of rotatable bonds is 1. The molecule has 0 aliphatic carbocycles. The molecular weight excluding hydrogens is 319 g/mol. The van der Waals surface area contributed by atoms with Crippen molar-refractivity contribution in [1.82, 2.24) is 0 Å². The fraction of sp³-hybridized carbons (Fsp3) is 0.0588. The van der Waals surface area contributed by atoms with Crippen LogP contribution in [0.4, 0.5) is 5.69 Å². The van der Waals surface area contributed by atoms with E-state index in [0.717, 1.165) is 0 Å². The summed E-state index contributed by atoms with van der Waals surface area (Å²) in [6.07, 6.45) is 1.57. The molecule has 3 rings (SSSR count). The molecule has 3 nitrogen and oxygen atoms in total. The Hall–Kier alpha value is -2.28. The highest BCUT2D eigenvalue weighted by Gasteiger charge is 2.31. The molecule has 22 heavy (non-hydrogen) atoms. The van der Waals surface area contributed by atoms with Crippen molar-refractivity contribution >= 4 is 39.8 Å². The summed E-state index contributed by atoms with van der Waals surface area (Å²) < 4.78 is 0. The quantitative estimate of drug-likeness (QED) is 0.775. The smallest absolute Gasteiger partial charge is 0.259 e. The van der Waals surface area contributed by atoms with Crippen LogP contribution in [0.2, 0.25) is 5.02 Å². The first kappa shape index (κ1) is 14.6. The summed E-state index contributed by atoms with van der Waals surface area (Å²) in [6, 6.07) is 15.2. The third-order valence-electron chi connectivity index (χ3n) is 3.43. The monoisotopic (exact) mass is 328 g/mol. The van der Waals surface area contributed by atoms with Crippen molar-refractivity contribution in [1.29, 1.82) is 5.26 Å². The van der Waals surface area contributed by atoms with Crippen LogP contribution < -0.4 is 4.90 Å². The molecule has 1 atom stereocenters. The molecule has 0 N–H and O–H groups in total. The SMILES string of the molecule is N#C[C@H]1C=C(Cl)c2ccc(Cl)cc2N1C(=O)c1ccccc1. The van der Waals surface area contributed by atoms with Gasteiger partial charge >= 0.3 is 0 Å². The second-order valence-corrected chi connectivity index (χ2v) is 5.63. The molecule has 0 saturated carbocycles. The molecule has 0 spiro atoms. The summed E-state index contributed by atoms with van der Waals surface area (Å²) in [5, 5.41) is 10.3. The number of nitriles is 1. The van der Waals surface area contributed by atoms with E-state index in [1.807, 2.05) is 6.07 Å². The summed E-state index contributed by atoms with van der Waals surface area (Å²) in [5.41, 5.74) is 1.72. The number of fused-ring (bicyclic) bond motifs is 1. The van der Waals surface area contributed by atoms with Crippen LogP contribution in [-0.4, -0.2) is 11.9 Å². The van der Waals surface area contributed by atoms with Crippen molar-refractivity contribution in [2.75, 3.05) is 4.90 Å². The third kappa shape index (κ3) is 2.48. The lowest BCUT2D eigenvalue weighted by molar-refractivity contribution is 0.0985. The highest BCUT2D eigenvalue weighted by atomic mass is 35.5. The molecule has 0 saturated heterocycles. The third-order valence-corrected chi connectivity index (χ3v) is 4.00. The number of hydrogen-bond donors (Lipinski definition) is 0. The summed E-state index contributed by atoms with van der Waals surface area (Å²) in [6.45, 7) is 0. The molecular formula is C17H10Cl2N2O. The van der Waals surface area contributed by atoms with Crippen LogP contribution in [0.5, 0.6) is 0 Å². The van der Waals surface area contributed by atoms with Gasteiger partial charge in [-0.25, -0.2) is 0 Å². The Kier molecular flexibility index (Phi) is 3.89. The Labute approximate surface area is 138 Å². The molecule has 0 unspecified atom stereocenters. The van der Waals surface area contributed by atoms with Gasteiger partial charge in [-0.2, -0.15) is 5.26 Å². The average Bonchev–Trinajstić information content (AvgIpc) is 2.54. The van der Waals surface area contributed by atoms with Crippen LogP contribution in [0.25, 0.3) is 5.03 Å². The van der Waals surface area contributed by atoms with Gasteiger partial charge in [-0.1, -0.05) is 41.4 Å². The predicted octanol–water partition coefficient (Wildman–Crippen LogP) is 4.47. The molecule has 1 aliphatic rings. The second-order valence-electron chi connectivity index (χ2n) is 4.79. The molecule has 0 radical (unpaired) electrons. The number of anilines is 1. The molecule has 0 bridgehead atoms. The van der Waals surface area contributed by atoms with E-state index in [-0.39, 0.29) is 5.91 Å². The van der Waals surface area contributed by atoms with Crippen molar-refractivity contribution in [2.45, 2.75) is 6.04 Å². The lowest BCUT2D eigenvalue weighted by atomic mass is 10.0. The van der Waals surface area contributed by atoms with E-state index in [9.17, 15) is 10.1 Å². The second kappa shape index (κ2) is 5.84. The topological polar surface area (TPSA) is 44.1 Å². The minimum Gasteiger partial charge on any atom is -0.287 e. The first-order valence-corrected chi connectivity index (χ1v) is 7.33. The summed E-state index contributed by atoms with van der Waals surface area (Å²) in [7, 11) is 0. The number of hydrogen-bond acceptors (Lipinski definition) is 2. The molecule has 1 amide bonds. The molecule has 0 aromatic heterocycles. The standard InChI is InChI=1S/C17H10Cl2N2O/c18-12-6-7-14-15(19)9-13(10-20)21(16(14)8-12)17(22)11-4-2-1-3-5-11/h1-9,13H/t13-/m1/s1. The van der Waals surface area contributed by atoms with E-state index >= 15 is 0 Å². The Morgan fingerprint density at radius 3 is 2.55 bits per heavy atom. The Morgan fingerprint density at radius 2 is 1.86 bits per heavy atom. The van der Waals surface area contributed by atoms with E-state index in [0.29, 0.717) is 26.9 Å². The fourth-order valence-electron chi connectivity index (χ4n) is 2.41. The van der Waals surface area contributed by atoms with E-state index in [1.165, 1.54) is 4.90 Å². The number of amides is 1. The van der Waals surface area contributed by atoms with Crippen molar-refractivity contribution in [3.05, 3.63) is 70.8 Å². The predicted molar refractivity (Wildman–Crippen MR) is 87.9 cm³/mol. The maximum atomic E-state index is 12.8. The largest absolute Gasteiger partial charge is 0.287 e. The zero-order chi connectivity index (χ0) is 15.7. The highest BCUT2D eigenvalue weighted by Crippen LogP contribution is 2.38. The summed E-state index contributed by atoms with van der Waals surface area (Å²) >= 11 is 12.3. The van der Waals surface area contributed by atoms with Crippen LogP contribution in [-0.2, 0) is 0 Å². The van der Waals surface area contributed by atoms with Gasteiger partial charge in [-0.3, -0.25) is 9.69 Å². The van der Waals surface area contributed by atoms with E-state index in [1.54, 1.807) is 48.5 Å². The zero-order valence-corrected chi connectivity index (χ0v) is 12.8. The fourth-order valence-corrected chi connectivity index (χ4v) is 2.85.